The van der Waals surface area contributed by atoms with E-state index in [0.717, 1.165) is 0 Å². The van der Waals surface area contributed by atoms with Gasteiger partial charge in [-0.25, -0.2) is 4.79 Å². The summed E-state index contributed by atoms with van der Waals surface area (Å²) in [5.41, 5.74) is 5.95. The summed E-state index contributed by atoms with van der Waals surface area (Å²) in [7, 11) is 3.18. The van der Waals surface area contributed by atoms with Gasteiger partial charge in [-0.2, -0.15) is 0 Å². The van der Waals surface area contributed by atoms with Crippen molar-refractivity contribution in [2.24, 2.45) is 12.8 Å². The van der Waals surface area contributed by atoms with Crippen LogP contribution in [-0.2, 0) is 24.1 Å². The zero-order valence-corrected chi connectivity index (χ0v) is 11.4. The molecule has 2 rings (SSSR count). The zero-order valence-electron chi connectivity index (χ0n) is 10.6. The summed E-state index contributed by atoms with van der Waals surface area (Å²) >= 11 is 1.42. The first-order chi connectivity index (χ1) is 9.17. The zero-order chi connectivity index (χ0) is 13.8. The highest BCUT2D eigenvalue weighted by Gasteiger charge is 2.16. The molecule has 0 unspecified atom stereocenters. The van der Waals surface area contributed by atoms with Gasteiger partial charge in [-0.1, -0.05) is 11.8 Å². The first-order valence-corrected chi connectivity index (χ1v) is 6.51. The normalized spacial score (nSPS) is 10.7. The first kappa shape index (κ1) is 13.6. The Morgan fingerprint density at radius 2 is 2.37 bits per heavy atom. The number of furan rings is 1. The van der Waals surface area contributed by atoms with E-state index in [4.69, 9.17) is 10.2 Å². The topological polar surface area (TPSA) is 96.2 Å². The highest BCUT2D eigenvalue weighted by Crippen LogP contribution is 2.24. The van der Waals surface area contributed by atoms with Crippen LogP contribution < -0.4 is 5.73 Å². The number of thioether (sulfide) groups is 1. The van der Waals surface area contributed by atoms with E-state index in [1.807, 2.05) is 11.6 Å². The van der Waals surface area contributed by atoms with Gasteiger partial charge in [-0.3, -0.25) is 0 Å². The molecular weight excluding hydrogens is 268 g/mol. The van der Waals surface area contributed by atoms with Crippen molar-refractivity contribution < 1.29 is 13.9 Å². The van der Waals surface area contributed by atoms with Crippen LogP contribution in [0.15, 0.2) is 21.9 Å². The van der Waals surface area contributed by atoms with Crippen LogP contribution in [0, 0.1) is 0 Å². The molecule has 8 heteroatoms. The fourth-order valence-corrected chi connectivity index (χ4v) is 2.40. The number of hydrogen-bond donors (Lipinski definition) is 1. The Morgan fingerprint density at radius 1 is 1.58 bits per heavy atom. The second-order valence-electron chi connectivity index (χ2n) is 3.70. The van der Waals surface area contributed by atoms with E-state index in [2.05, 4.69) is 14.9 Å². The third-order valence-corrected chi connectivity index (χ3v) is 3.61. The van der Waals surface area contributed by atoms with Gasteiger partial charge < -0.3 is 19.5 Å². The summed E-state index contributed by atoms with van der Waals surface area (Å²) in [6.45, 7) is 0.332. The van der Waals surface area contributed by atoms with Gasteiger partial charge in [0.15, 0.2) is 5.16 Å². The highest BCUT2D eigenvalue weighted by molar-refractivity contribution is 7.98. The van der Waals surface area contributed by atoms with Crippen molar-refractivity contribution in [2.75, 3.05) is 7.11 Å². The van der Waals surface area contributed by atoms with E-state index >= 15 is 0 Å². The van der Waals surface area contributed by atoms with E-state index < -0.39 is 5.97 Å². The van der Waals surface area contributed by atoms with E-state index in [1.54, 1.807) is 6.07 Å². The molecule has 0 aromatic carbocycles. The van der Waals surface area contributed by atoms with Crippen LogP contribution in [0.25, 0.3) is 0 Å². The van der Waals surface area contributed by atoms with Crippen LogP contribution in [-0.4, -0.2) is 27.8 Å². The van der Waals surface area contributed by atoms with Crippen LogP contribution in [0.2, 0.25) is 0 Å². The predicted molar refractivity (Wildman–Crippen MR) is 68.5 cm³/mol. The Bertz CT molecular complexity index is 578. The predicted octanol–water partition coefficient (Wildman–Crippen LogP) is 0.946. The highest BCUT2D eigenvalue weighted by atomic mass is 32.2. The SMILES string of the molecule is COC(=O)c1ccoc1CSc1nnc(CN)n1C. The molecule has 2 aromatic heterocycles. The number of esters is 1. The largest absolute Gasteiger partial charge is 0.468 e. The Balaban J connectivity index is 2.08. The Hall–Kier alpha value is -1.80. The molecule has 0 bridgehead atoms. The minimum Gasteiger partial charge on any atom is -0.468 e. The first-order valence-electron chi connectivity index (χ1n) is 5.53. The molecule has 0 atom stereocenters. The molecule has 0 aliphatic heterocycles. The Kier molecular flexibility index (Phi) is 4.23. The average Bonchev–Trinajstić information content (AvgIpc) is 3.02. The Labute approximate surface area is 114 Å². The molecule has 2 heterocycles. The molecule has 0 fully saturated rings. The van der Waals surface area contributed by atoms with Crippen LogP contribution in [0.1, 0.15) is 21.9 Å². The summed E-state index contributed by atoms with van der Waals surface area (Å²) < 4.78 is 11.8. The van der Waals surface area contributed by atoms with Crippen molar-refractivity contribution in [3.8, 4) is 0 Å². The van der Waals surface area contributed by atoms with Crippen molar-refractivity contribution in [2.45, 2.75) is 17.5 Å². The second kappa shape index (κ2) is 5.89. The molecule has 7 nitrogen and oxygen atoms in total. The van der Waals surface area contributed by atoms with Gasteiger partial charge in [0.2, 0.25) is 0 Å². The van der Waals surface area contributed by atoms with Crippen LogP contribution in [0.3, 0.4) is 0 Å². The van der Waals surface area contributed by atoms with Crippen molar-refractivity contribution in [1.29, 1.82) is 0 Å². The number of nitrogens with two attached hydrogens (primary N) is 1. The molecule has 0 aliphatic carbocycles. The number of aromatic nitrogens is 3. The number of methoxy groups -OCH3 is 1. The number of rotatable bonds is 5. The maximum absolute atomic E-state index is 11.5. The van der Waals surface area contributed by atoms with Crippen molar-refractivity contribution in [1.82, 2.24) is 14.8 Å². The monoisotopic (exact) mass is 282 g/mol. The summed E-state index contributed by atoms with van der Waals surface area (Å²) in [6.07, 6.45) is 1.46. The maximum Gasteiger partial charge on any atom is 0.341 e. The lowest BCUT2D eigenvalue weighted by atomic mass is 10.3. The lowest BCUT2D eigenvalue weighted by Crippen LogP contribution is -2.05. The summed E-state index contributed by atoms with van der Waals surface area (Å²) in [4.78, 5) is 11.5. The summed E-state index contributed by atoms with van der Waals surface area (Å²) in [6, 6.07) is 1.59. The number of carbonyl (C=O) groups is 1. The molecular formula is C11H14N4O3S. The molecule has 0 radical (unpaired) electrons. The van der Waals surface area contributed by atoms with Crippen LogP contribution in [0.4, 0.5) is 0 Å². The molecule has 0 amide bonds. The number of carbonyl (C=O) groups excluding carboxylic acids is 1. The third kappa shape index (κ3) is 2.79. The fraction of sp³-hybridized carbons (Fsp3) is 0.364. The van der Waals surface area contributed by atoms with Gasteiger partial charge in [0.1, 0.15) is 17.1 Å². The minimum absolute atomic E-state index is 0.332. The lowest BCUT2D eigenvalue weighted by molar-refractivity contribution is 0.0598. The second-order valence-corrected chi connectivity index (χ2v) is 4.64. The molecule has 0 saturated carbocycles. The van der Waals surface area contributed by atoms with Crippen LogP contribution >= 0.6 is 11.8 Å². The average molecular weight is 282 g/mol. The molecule has 2 N–H and O–H groups in total. The van der Waals surface area contributed by atoms with E-state index in [-0.39, 0.29) is 0 Å². The quantitative estimate of drug-likeness (QED) is 0.644. The van der Waals surface area contributed by atoms with Crippen molar-refractivity contribution in [3.05, 3.63) is 29.5 Å². The van der Waals surface area contributed by atoms with E-state index in [1.165, 1.54) is 25.1 Å². The Morgan fingerprint density at radius 3 is 3.00 bits per heavy atom. The van der Waals surface area contributed by atoms with Gasteiger partial charge in [-0.15, -0.1) is 10.2 Å². The van der Waals surface area contributed by atoms with Gasteiger partial charge in [0.25, 0.3) is 0 Å². The summed E-state index contributed by atoms with van der Waals surface area (Å²) in [5, 5.41) is 8.69. The van der Waals surface area contributed by atoms with Gasteiger partial charge in [-0.05, 0) is 6.07 Å². The van der Waals surface area contributed by atoms with Crippen LogP contribution in [0.5, 0.6) is 0 Å². The third-order valence-electron chi connectivity index (χ3n) is 2.59. The lowest BCUT2D eigenvalue weighted by Gasteiger charge is -2.02. The number of nitrogens with zero attached hydrogens (tertiary/aromatic N) is 3. The van der Waals surface area contributed by atoms with E-state index in [9.17, 15) is 4.79 Å². The van der Waals surface area contributed by atoms with Gasteiger partial charge in [0.05, 0.1) is 25.7 Å². The summed E-state index contributed by atoms with van der Waals surface area (Å²) in [5.74, 6) is 1.31. The van der Waals surface area contributed by atoms with Gasteiger partial charge in [0, 0.05) is 7.05 Å². The van der Waals surface area contributed by atoms with E-state index in [0.29, 0.717) is 34.6 Å². The molecule has 19 heavy (non-hydrogen) atoms. The molecule has 2 aromatic rings. The maximum atomic E-state index is 11.5. The fourth-order valence-electron chi connectivity index (χ4n) is 1.52. The smallest absolute Gasteiger partial charge is 0.341 e. The number of ether oxygens (including phenoxy) is 1. The molecule has 0 spiro atoms. The van der Waals surface area contributed by atoms with Crippen molar-refractivity contribution >= 4 is 17.7 Å². The standard InChI is InChI=1S/C11H14N4O3S/c1-15-9(5-12)13-14-11(15)19-6-8-7(3-4-18-8)10(16)17-2/h3-4H,5-6,12H2,1-2H3. The molecule has 102 valence electrons. The molecule has 0 aliphatic rings. The number of hydrogen-bond acceptors (Lipinski definition) is 7. The van der Waals surface area contributed by atoms with Gasteiger partial charge >= 0.3 is 5.97 Å². The molecule has 0 saturated heterocycles. The minimum atomic E-state index is -0.412. The van der Waals surface area contributed by atoms with Crippen molar-refractivity contribution in [3.63, 3.8) is 0 Å².